The Balaban J connectivity index is 2.09. The molecule has 0 aliphatic heterocycles. The number of para-hydroxylation sites is 1. The van der Waals surface area contributed by atoms with Crippen molar-refractivity contribution in [2.75, 3.05) is 5.32 Å². The van der Waals surface area contributed by atoms with Crippen LogP contribution in [0.3, 0.4) is 0 Å². The molecule has 28 heavy (non-hydrogen) atoms. The number of nitrogens with zero attached hydrogens (tertiary/aromatic N) is 1. The van der Waals surface area contributed by atoms with Crippen LogP contribution in [0.2, 0.25) is 10.0 Å². The van der Waals surface area contributed by atoms with Crippen LogP contribution in [0, 0.1) is 10.1 Å². The summed E-state index contributed by atoms with van der Waals surface area (Å²) in [6.45, 7) is 3.29. The Morgan fingerprint density at radius 3 is 2.50 bits per heavy atom. The number of hydrogen-bond donors (Lipinski definition) is 1. The molecule has 3 aromatic rings. The van der Waals surface area contributed by atoms with E-state index in [1.165, 1.54) is 13.0 Å². The monoisotopic (exact) mass is 420 g/mol. The Hall–Kier alpha value is -2.90. The van der Waals surface area contributed by atoms with Gasteiger partial charge in [-0.15, -0.1) is 0 Å². The maximum Gasteiger partial charge on any atom is 0.288 e. The van der Waals surface area contributed by atoms with E-state index in [-0.39, 0.29) is 21.4 Å². The minimum Gasteiger partial charge on any atom is -0.458 e. The normalized spacial score (nSPS) is 10.9. The standard InChI is InChI=1S/C19H14Cl2N2O5/c1-3-14-15(9(2)24)10-5-4-6-12(18(10)28-14)22-19(25)16-11(20)7-8-13(17(16)21)23(26)27/h4-8H,3H2,1-2H3,(H,22,25). The second kappa shape index (κ2) is 7.61. The fraction of sp³-hybridized carbons (Fsp3) is 0.158. The lowest BCUT2D eigenvalue weighted by molar-refractivity contribution is -0.384. The van der Waals surface area contributed by atoms with Crippen LogP contribution in [-0.2, 0) is 6.42 Å². The van der Waals surface area contributed by atoms with Crippen molar-refractivity contribution in [3.05, 3.63) is 67.4 Å². The number of anilines is 1. The van der Waals surface area contributed by atoms with Crippen LogP contribution < -0.4 is 5.32 Å². The van der Waals surface area contributed by atoms with Gasteiger partial charge in [0, 0.05) is 17.9 Å². The van der Waals surface area contributed by atoms with Crippen LogP contribution in [0.4, 0.5) is 11.4 Å². The molecule has 7 nitrogen and oxygen atoms in total. The van der Waals surface area contributed by atoms with Gasteiger partial charge in [0.05, 0.1) is 26.8 Å². The van der Waals surface area contributed by atoms with Crippen LogP contribution in [0.1, 0.15) is 40.3 Å². The number of amides is 1. The summed E-state index contributed by atoms with van der Waals surface area (Å²) in [5.74, 6) is -0.371. The molecule has 0 spiro atoms. The SMILES string of the molecule is CCc1oc2c(NC(=O)c3c(Cl)ccc([N+](=O)[O-])c3Cl)cccc2c1C(C)=O. The Morgan fingerprint density at radius 2 is 1.89 bits per heavy atom. The van der Waals surface area contributed by atoms with Crippen molar-refractivity contribution in [3.63, 3.8) is 0 Å². The minimum absolute atomic E-state index is 0.0293. The lowest BCUT2D eigenvalue weighted by atomic mass is 10.1. The zero-order valence-corrected chi connectivity index (χ0v) is 16.4. The van der Waals surface area contributed by atoms with E-state index >= 15 is 0 Å². The summed E-state index contributed by atoms with van der Waals surface area (Å²) in [5, 5.41) is 13.9. The molecule has 2 aromatic carbocycles. The first-order valence-electron chi connectivity index (χ1n) is 8.25. The number of ketones is 1. The number of aryl methyl sites for hydroxylation is 1. The second-order valence-electron chi connectivity index (χ2n) is 5.96. The highest BCUT2D eigenvalue weighted by molar-refractivity contribution is 6.41. The fourth-order valence-corrected chi connectivity index (χ4v) is 3.59. The molecule has 144 valence electrons. The number of carbonyl (C=O) groups is 2. The van der Waals surface area contributed by atoms with Crippen molar-refractivity contribution in [2.24, 2.45) is 0 Å². The third kappa shape index (κ3) is 3.34. The van der Waals surface area contributed by atoms with E-state index in [1.54, 1.807) is 18.2 Å². The molecule has 0 saturated heterocycles. The average Bonchev–Trinajstić information content (AvgIpc) is 3.01. The Bertz CT molecular complexity index is 1140. The van der Waals surface area contributed by atoms with Crippen LogP contribution in [0.5, 0.6) is 0 Å². The van der Waals surface area contributed by atoms with Crippen molar-refractivity contribution in [2.45, 2.75) is 20.3 Å². The minimum atomic E-state index is -0.731. The number of nitro benzene ring substituents is 1. The van der Waals surface area contributed by atoms with Crippen molar-refractivity contribution < 1.29 is 18.9 Å². The van der Waals surface area contributed by atoms with E-state index in [0.717, 1.165) is 6.07 Å². The number of halogens is 2. The molecule has 0 fully saturated rings. The molecule has 9 heteroatoms. The lowest BCUT2D eigenvalue weighted by Gasteiger charge is -2.09. The van der Waals surface area contributed by atoms with Crippen LogP contribution in [0.25, 0.3) is 11.0 Å². The van der Waals surface area contributed by atoms with E-state index in [2.05, 4.69) is 5.32 Å². The molecule has 1 aromatic heterocycles. The molecule has 1 amide bonds. The second-order valence-corrected chi connectivity index (χ2v) is 6.74. The molecule has 0 saturated carbocycles. The predicted molar refractivity (Wildman–Crippen MR) is 107 cm³/mol. The Labute approximate surface area is 169 Å². The number of Topliss-reactive ketones (excluding diaryl/α,β-unsaturated/α-hetero) is 1. The molecular formula is C19H14Cl2N2O5. The highest BCUT2D eigenvalue weighted by Crippen LogP contribution is 2.36. The van der Waals surface area contributed by atoms with E-state index in [0.29, 0.717) is 34.4 Å². The van der Waals surface area contributed by atoms with Gasteiger partial charge in [-0.2, -0.15) is 0 Å². The Morgan fingerprint density at radius 1 is 1.18 bits per heavy atom. The number of fused-ring (bicyclic) bond motifs is 1. The first-order valence-corrected chi connectivity index (χ1v) is 9.00. The van der Waals surface area contributed by atoms with Gasteiger partial charge in [-0.3, -0.25) is 19.7 Å². The topological polar surface area (TPSA) is 102 Å². The number of rotatable bonds is 5. The van der Waals surface area contributed by atoms with Crippen LogP contribution in [0.15, 0.2) is 34.7 Å². The summed E-state index contributed by atoms with van der Waals surface area (Å²) in [4.78, 5) is 35.1. The van der Waals surface area contributed by atoms with Gasteiger partial charge in [0.2, 0.25) is 0 Å². The van der Waals surface area contributed by atoms with Gasteiger partial charge < -0.3 is 9.73 Å². The van der Waals surface area contributed by atoms with E-state index in [1.807, 2.05) is 6.92 Å². The summed E-state index contributed by atoms with van der Waals surface area (Å²) in [6, 6.07) is 7.33. The zero-order valence-electron chi connectivity index (χ0n) is 14.8. The zero-order chi connectivity index (χ0) is 20.6. The number of benzene rings is 2. The Kier molecular flexibility index (Phi) is 5.40. The number of nitrogens with one attached hydrogen (secondary N) is 1. The molecule has 0 unspecified atom stereocenters. The molecule has 0 atom stereocenters. The molecular weight excluding hydrogens is 407 g/mol. The summed E-state index contributed by atoms with van der Waals surface area (Å²) >= 11 is 12.1. The van der Waals surface area contributed by atoms with Crippen molar-refractivity contribution >= 4 is 57.2 Å². The van der Waals surface area contributed by atoms with Crippen LogP contribution in [-0.4, -0.2) is 16.6 Å². The molecule has 0 aliphatic carbocycles. The molecule has 0 aliphatic rings. The van der Waals surface area contributed by atoms with Crippen molar-refractivity contribution in [1.29, 1.82) is 0 Å². The van der Waals surface area contributed by atoms with Gasteiger partial charge in [0.1, 0.15) is 10.8 Å². The van der Waals surface area contributed by atoms with Gasteiger partial charge in [-0.05, 0) is 19.1 Å². The van der Waals surface area contributed by atoms with Gasteiger partial charge in [0.15, 0.2) is 11.4 Å². The van der Waals surface area contributed by atoms with Crippen LogP contribution >= 0.6 is 23.2 Å². The smallest absolute Gasteiger partial charge is 0.288 e. The van der Waals surface area contributed by atoms with Gasteiger partial charge in [0.25, 0.3) is 11.6 Å². The maximum atomic E-state index is 12.8. The molecule has 1 heterocycles. The summed E-state index contributed by atoms with van der Waals surface area (Å²) in [6.07, 6.45) is 0.500. The highest BCUT2D eigenvalue weighted by atomic mass is 35.5. The largest absolute Gasteiger partial charge is 0.458 e. The molecule has 1 N–H and O–H groups in total. The molecule has 0 bridgehead atoms. The highest BCUT2D eigenvalue weighted by Gasteiger charge is 2.25. The van der Waals surface area contributed by atoms with E-state index < -0.39 is 16.5 Å². The summed E-state index contributed by atoms with van der Waals surface area (Å²) in [7, 11) is 0. The first-order chi connectivity index (χ1) is 13.3. The number of hydrogen-bond acceptors (Lipinski definition) is 5. The summed E-state index contributed by atoms with van der Waals surface area (Å²) in [5.41, 5.74) is 0.432. The number of furan rings is 1. The van der Waals surface area contributed by atoms with Gasteiger partial charge >= 0.3 is 0 Å². The quantitative estimate of drug-likeness (QED) is 0.325. The summed E-state index contributed by atoms with van der Waals surface area (Å²) < 4.78 is 5.79. The third-order valence-corrected chi connectivity index (χ3v) is 4.90. The lowest BCUT2D eigenvalue weighted by Crippen LogP contribution is -2.14. The predicted octanol–water partition coefficient (Wildman–Crippen LogP) is 5.67. The van der Waals surface area contributed by atoms with Crippen molar-refractivity contribution in [3.8, 4) is 0 Å². The first kappa shape index (κ1) is 19.9. The van der Waals surface area contributed by atoms with E-state index in [9.17, 15) is 19.7 Å². The maximum absolute atomic E-state index is 12.8. The number of carbonyl (C=O) groups excluding carboxylic acids is 2. The number of nitro groups is 1. The average molecular weight is 421 g/mol. The molecule has 0 radical (unpaired) electrons. The molecule has 3 rings (SSSR count). The van der Waals surface area contributed by atoms with Gasteiger partial charge in [-0.25, -0.2) is 0 Å². The third-order valence-electron chi connectivity index (χ3n) is 4.20. The van der Waals surface area contributed by atoms with Crippen molar-refractivity contribution in [1.82, 2.24) is 0 Å². The fourth-order valence-electron chi connectivity index (χ4n) is 2.98. The van der Waals surface area contributed by atoms with Gasteiger partial charge in [-0.1, -0.05) is 42.3 Å². The van der Waals surface area contributed by atoms with E-state index in [4.69, 9.17) is 27.6 Å².